The van der Waals surface area contributed by atoms with Crippen LogP contribution in [0.1, 0.15) is 16.7 Å². The zero-order chi connectivity index (χ0) is 17.4. The summed E-state index contributed by atoms with van der Waals surface area (Å²) in [5.74, 6) is -0.0892. The highest BCUT2D eigenvalue weighted by atomic mass is 35.5. The first-order valence-electron chi connectivity index (χ1n) is 8.46. The zero-order valence-electron chi connectivity index (χ0n) is 14.0. The van der Waals surface area contributed by atoms with Gasteiger partial charge in [0.05, 0.1) is 6.54 Å². The predicted molar refractivity (Wildman–Crippen MR) is 105 cm³/mol. The van der Waals surface area contributed by atoms with Gasteiger partial charge >= 0.3 is 0 Å². The lowest BCUT2D eigenvalue weighted by Gasteiger charge is -2.13. The predicted octanol–water partition coefficient (Wildman–Crippen LogP) is 4.95. The number of hydrogen-bond acceptors (Lipinski definition) is 2. The van der Waals surface area contributed by atoms with E-state index in [1.54, 1.807) is 0 Å². The van der Waals surface area contributed by atoms with Crippen LogP contribution in [0.15, 0.2) is 48.5 Å². The number of halogens is 1. The lowest BCUT2D eigenvalue weighted by Crippen LogP contribution is -2.22. The molecule has 25 heavy (non-hydrogen) atoms. The average molecular weight is 351 g/mol. The molecular weight excluding hydrogens is 332 g/mol. The number of nitrogens with one attached hydrogen (secondary N) is 2. The SMILES string of the molecule is Cc1c(Cl)cccc1NC(=O)CNc1ccc2c3c(cccc13)CC2. The van der Waals surface area contributed by atoms with Gasteiger partial charge in [-0.2, -0.15) is 0 Å². The Morgan fingerprint density at radius 1 is 1.00 bits per heavy atom. The molecule has 4 heteroatoms. The Bertz CT molecular complexity index is 971. The lowest BCUT2D eigenvalue weighted by molar-refractivity contribution is -0.114. The molecule has 126 valence electrons. The smallest absolute Gasteiger partial charge is 0.243 e. The van der Waals surface area contributed by atoms with Crippen LogP contribution in [0.2, 0.25) is 5.02 Å². The van der Waals surface area contributed by atoms with Gasteiger partial charge in [-0.25, -0.2) is 0 Å². The standard InChI is InChI=1S/C21H19ClN2O/c1-13-17(22)6-3-7-18(13)24-20(25)12-23-19-11-10-15-9-8-14-4-2-5-16(19)21(14)15/h2-7,10-11,23H,8-9,12H2,1H3,(H,24,25). The molecule has 0 aliphatic heterocycles. The van der Waals surface area contributed by atoms with Gasteiger partial charge in [0.1, 0.15) is 0 Å². The topological polar surface area (TPSA) is 41.1 Å². The molecular formula is C21H19ClN2O. The summed E-state index contributed by atoms with van der Waals surface area (Å²) in [5, 5.41) is 9.39. The van der Waals surface area contributed by atoms with Gasteiger partial charge in [0.15, 0.2) is 0 Å². The normalized spacial score (nSPS) is 12.4. The Kier molecular flexibility index (Phi) is 4.10. The van der Waals surface area contributed by atoms with Gasteiger partial charge in [0.2, 0.25) is 5.91 Å². The van der Waals surface area contributed by atoms with Crippen LogP contribution in [0.3, 0.4) is 0 Å². The molecule has 1 aliphatic carbocycles. The first-order valence-corrected chi connectivity index (χ1v) is 8.83. The quantitative estimate of drug-likeness (QED) is 0.699. The fourth-order valence-corrected chi connectivity index (χ4v) is 3.69. The van der Waals surface area contributed by atoms with Crippen molar-refractivity contribution in [2.45, 2.75) is 19.8 Å². The molecule has 0 heterocycles. The maximum absolute atomic E-state index is 12.3. The summed E-state index contributed by atoms with van der Waals surface area (Å²) in [6.45, 7) is 2.11. The van der Waals surface area contributed by atoms with Crippen molar-refractivity contribution in [2.75, 3.05) is 17.2 Å². The molecule has 0 atom stereocenters. The van der Waals surface area contributed by atoms with Gasteiger partial charge in [-0.05, 0) is 60.0 Å². The van der Waals surface area contributed by atoms with E-state index in [9.17, 15) is 4.79 Å². The van der Waals surface area contributed by atoms with E-state index in [-0.39, 0.29) is 12.5 Å². The van der Waals surface area contributed by atoms with Gasteiger partial charge in [0.25, 0.3) is 0 Å². The summed E-state index contributed by atoms with van der Waals surface area (Å²) in [6.07, 6.45) is 2.20. The van der Waals surface area contributed by atoms with Gasteiger partial charge in [0, 0.05) is 21.8 Å². The van der Waals surface area contributed by atoms with E-state index in [2.05, 4.69) is 41.0 Å². The Morgan fingerprint density at radius 2 is 1.76 bits per heavy atom. The number of hydrogen-bond donors (Lipinski definition) is 2. The number of aryl methyl sites for hydroxylation is 2. The number of anilines is 2. The minimum absolute atomic E-state index is 0.0892. The third kappa shape index (κ3) is 2.96. The van der Waals surface area contributed by atoms with Gasteiger partial charge in [-0.15, -0.1) is 0 Å². The molecule has 4 rings (SSSR count). The van der Waals surface area contributed by atoms with Crippen molar-refractivity contribution in [3.8, 4) is 0 Å². The second-order valence-electron chi connectivity index (χ2n) is 6.43. The number of carbonyl (C=O) groups is 1. The third-order valence-electron chi connectivity index (χ3n) is 4.86. The Hall–Kier alpha value is -2.52. The van der Waals surface area contributed by atoms with Crippen molar-refractivity contribution in [2.24, 2.45) is 0 Å². The number of carbonyl (C=O) groups excluding carboxylic acids is 1. The second-order valence-corrected chi connectivity index (χ2v) is 6.83. The van der Waals surface area contributed by atoms with Gasteiger partial charge < -0.3 is 10.6 Å². The molecule has 0 saturated heterocycles. The van der Waals surface area contributed by atoms with Crippen molar-refractivity contribution >= 4 is 39.7 Å². The van der Waals surface area contributed by atoms with Crippen LogP contribution in [0.25, 0.3) is 10.8 Å². The molecule has 0 saturated carbocycles. The van der Waals surface area contributed by atoms with E-state index in [1.807, 2.05) is 25.1 Å². The van der Waals surface area contributed by atoms with Gasteiger partial charge in [-0.1, -0.05) is 41.9 Å². The van der Waals surface area contributed by atoms with Crippen molar-refractivity contribution in [3.05, 3.63) is 70.2 Å². The Labute approximate surface area is 152 Å². The number of rotatable bonds is 4. The molecule has 1 amide bonds. The fraction of sp³-hybridized carbons (Fsp3) is 0.190. The summed E-state index contributed by atoms with van der Waals surface area (Å²) >= 11 is 6.10. The highest BCUT2D eigenvalue weighted by molar-refractivity contribution is 6.31. The van der Waals surface area contributed by atoms with E-state index in [1.165, 1.54) is 21.9 Å². The van der Waals surface area contributed by atoms with E-state index in [4.69, 9.17) is 11.6 Å². The molecule has 1 aliphatic rings. The van der Waals surface area contributed by atoms with Crippen LogP contribution in [-0.2, 0) is 17.6 Å². The summed E-state index contributed by atoms with van der Waals surface area (Å²) < 4.78 is 0. The van der Waals surface area contributed by atoms with Crippen molar-refractivity contribution in [3.63, 3.8) is 0 Å². The second kappa shape index (κ2) is 6.41. The molecule has 0 spiro atoms. The molecule has 3 aromatic carbocycles. The summed E-state index contributed by atoms with van der Waals surface area (Å²) in [7, 11) is 0. The third-order valence-corrected chi connectivity index (χ3v) is 5.27. The molecule has 3 aromatic rings. The Balaban J connectivity index is 1.51. The molecule has 0 fully saturated rings. The van der Waals surface area contributed by atoms with E-state index in [0.29, 0.717) is 5.02 Å². The molecule has 0 unspecified atom stereocenters. The average Bonchev–Trinajstić information content (AvgIpc) is 3.03. The minimum Gasteiger partial charge on any atom is -0.376 e. The highest BCUT2D eigenvalue weighted by Gasteiger charge is 2.16. The van der Waals surface area contributed by atoms with Crippen LogP contribution in [0.4, 0.5) is 11.4 Å². The first-order chi connectivity index (χ1) is 12.1. The van der Waals surface area contributed by atoms with Crippen molar-refractivity contribution in [1.29, 1.82) is 0 Å². The Morgan fingerprint density at radius 3 is 2.60 bits per heavy atom. The van der Waals surface area contributed by atoms with Crippen LogP contribution >= 0.6 is 11.6 Å². The lowest BCUT2D eigenvalue weighted by atomic mass is 10.0. The fourth-order valence-electron chi connectivity index (χ4n) is 3.51. The zero-order valence-corrected chi connectivity index (χ0v) is 14.8. The van der Waals surface area contributed by atoms with Gasteiger partial charge in [-0.3, -0.25) is 4.79 Å². The van der Waals surface area contributed by atoms with Crippen LogP contribution < -0.4 is 10.6 Å². The largest absolute Gasteiger partial charge is 0.376 e. The minimum atomic E-state index is -0.0892. The van der Waals surface area contributed by atoms with Crippen LogP contribution in [0.5, 0.6) is 0 Å². The molecule has 3 nitrogen and oxygen atoms in total. The molecule has 0 radical (unpaired) electrons. The maximum Gasteiger partial charge on any atom is 0.243 e. The molecule has 0 bridgehead atoms. The summed E-state index contributed by atoms with van der Waals surface area (Å²) in [5.41, 5.74) is 5.42. The number of benzene rings is 3. The highest BCUT2D eigenvalue weighted by Crippen LogP contribution is 2.34. The number of amides is 1. The van der Waals surface area contributed by atoms with Crippen LogP contribution in [-0.4, -0.2) is 12.5 Å². The van der Waals surface area contributed by atoms with E-state index >= 15 is 0 Å². The first kappa shape index (κ1) is 16.0. The summed E-state index contributed by atoms with van der Waals surface area (Å²) in [4.78, 5) is 12.3. The maximum atomic E-state index is 12.3. The van der Waals surface area contributed by atoms with Crippen molar-refractivity contribution in [1.82, 2.24) is 0 Å². The summed E-state index contributed by atoms with van der Waals surface area (Å²) in [6, 6.07) is 16.2. The van der Waals surface area contributed by atoms with E-state index in [0.717, 1.165) is 29.8 Å². The van der Waals surface area contributed by atoms with Crippen LogP contribution in [0, 0.1) is 6.92 Å². The van der Waals surface area contributed by atoms with E-state index < -0.39 is 0 Å². The molecule has 0 aromatic heterocycles. The monoisotopic (exact) mass is 350 g/mol. The van der Waals surface area contributed by atoms with Crippen molar-refractivity contribution < 1.29 is 4.79 Å². The molecule has 2 N–H and O–H groups in total.